The predicted octanol–water partition coefficient (Wildman–Crippen LogP) is 2.56. The number of ether oxygens (including phenoxy) is 1. The number of rotatable bonds is 0. The van der Waals surface area contributed by atoms with Gasteiger partial charge in [-0.2, -0.15) is 0 Å². The summed E-state index contributed by atoms with van der Waals surface area (Å²) in [5.74, 6) is 1.04. The van der Waals surface area contributed by atoms with Gasteiger partial charge < -0.3 is 4.74 Å². The van der Waals surface area contributed by atoms with Gasteiger partial charge in [-0.1, -0.05) is 6.07 Å². The van der Waals surface area contributed by atoms with Crippen molar-refractivity contribution in [2.45, 2.75) is 12.8 Å². The zero-order valence-electron chi connectivity index (χ0n) is 7.86. The second-order valence-electron chi connectivity index (χ2n) is 3.58. The van der Waals surface area contributed by atoms with E-state index in [1.54, 1.807) is 0 Å². The van der Waals surface area contributed by atoms with Gasteiger partial charge >= 0.3 is 0 Å². The van der Waals surface area contributed by atoms with Gasteiger partial charge in [0.15, 0.2) is 0 Å². The minimum Gasteiger partial charge on any atom is -0.493 e. The van der Waals surface area contributed by atoms with E-state index < -0.39 is 0 Å². The Kier molecular flexibility index (Phi) is 1.66. The van der Waals surface area contributed by atoms with Gasteiger partial charge in [-0.05, 0) is 36.6 Å². The van der Waals surface area contributed by atoms with Gasteiger partial charge in [0.1, 0.15) is 5.75 Å². The zero-order chi connectivity index (χ0) is 9.38. The molecule has 0 spiro atoms. The Morgan fingerprint density at radius 2 is 2.21 bits per heavy atom. The molecule has 0 radical (unpaired) electrons. The van der Waals surface area contributed by atoms with Crippen LogP contribution in [0.1, 0.15) is 12.0 Å². The topological polar surface area (TPSA) is 22.1 Å². The highest BCUT2D eigenvalue weighted by Gasteiger charge is 2.13. The SMILES string of the molecule is c1cnc2ccc3c(c2c1)OCCC3. The molecule has 0 unspecified atom stereocenters. The quantitative estimate of drug-likeness (QED) is 0.629. The molecular weight excluding hydrogens is 174 g/mol. The number of hydrogen-bond acceptors (Lipinski definition) is 2. The van der Waals surface area contributed by atoms with E-state index in [1.165, 1.54) is 5.56 Å². The number of benzene rings is 1. The normalized spacial score (nSPS) is 14.9. The molecule has 0 N–H and O–H groups in total. The summed E-state index contributed by atoms with van der Waals surface area (Å²) in [7, 11) is 0. The Hall–Kier alpha value is -1.57. The van der Waals surface area contributed by atoms with Crippen LogP contribution in [0, 0.1) is 0 Å². The maximum Gasteiger partial charge on any atom is 0.131 e. The Morgan fingerprint density at radius 1 is 1.21 bits per heavy atom. The first kappa shape index (κ1) is 7.80. The summed E-state index contributed by atoms with van der Waals surface area (Å²) in [5.41, 5.74) is 2.34. The van der Waals surface area contributed by atoms with Crippen molar-refractivity contribution in [1.82, 2.24) is 4.98 Å². The van der Waals surface area contributed by atoms with Gasteiger partial charge in [0.25, 0.3) is 0 Å². The predicted molar refractivity (Wildman–Crippen MR) is 55.6 cm³/mol. The molecule has 1 aromatic heterocycles. The lowest BCUT2D eigenvalue weighted by molar-refractivity contribution is 0.292. The smallest absolute Gasteiger partial charge is 0.131 e. The maximum atomic E-state index is 5.70. The molecule has 2 heterocycles. The number of fused-ring (bicyclic) bond motifs is 3. The zero-order valence-corrected chi connectivity index (χ0v) is 7.86. The van der Waals surface area contributed by atoms with Crippen LogP contribution in [0.25, 0.3) is 10.9 Å². The molecule has 0 amide bonds. The fourth-order valence-corrected chi connectivity index (χ4v) is 1.97. The highest BCUT2D eigenvalue weighted by Crippen LogP contribution is 2.32. The Labute approximate surface area is 82.5 Å². The Morgan fingerprint density at radius 3 is 3.21 bits per heavy atom. The first-order valence-corrected chi connectivity index (χ1v) is 4.94. The summed E-state index contributed by atoms with van der Waals surface area (Å²) in [6.45, 7) is 0.834. The van der Waals surface area contributed by atoms with E-state index in [2.05, 4.69) is 23.2 Å². The van der Waals surface area contributed by atoms with Gasteiger partial charge in [-0.25, -0.2) is 0 Å². The average Bonchev–Trinajstić information content (AvgIpc) is 2.29. The largest absolute Gasteiger partial charge is 0.493 e. The Bertz CT molecular complexity index is 479. The van der Waals surface area contributed by atoms with Crippen molar-refractivity contribution in [3.63, 3.8) is 0 Å². The molecule has 0 bridgehead atoms. The third-order valence-corrected chi connectivity index (χ3v) is 2.65. The molecule has 2 heteroatoms. The van der Waals surface area contributed by atoms with E-state index in [-0.39, 0.29) is 0 Å². The van der Waals surface area contributed by atoms with Gasteiger partial charge in [-0.3, -0.25) is 4.98 Å². The van der Waals surface area contributed by atoms with Crippen LogP contribution in [0.4, 0.5) is 0 Å². The molecule has 0 saturated heterocycles. The van der Waals surface area contributed by atoms with Gasteiger partial charge in [-0.15, -0.1) is 0 Å². The van der Waals surface area contributed by atoms with Gasteiger partial charge in [0.05, 0.1) is 12.1 Å². The van der Waals surface area contributed by atoms with Crippen LogP contribution in [0.15, 0.2) is 30.5 Å². The number of nitrogens with zero attached hydrogens (tertiary/aromatic N) is 1. The van der Waals surface area contributed by atoms with Crippen LogP contribution in [0.2, 0.25) is 0 Å². The molecule has 0 saturated carbocycles. The average molecular weight is 185 g/mol. The molecule has 2 aromatic rings. The van der Waals surface area contributed by atoms with Crippen molar-refractivity contribution in [1.29, 1.82) is 0 Å². The van der Waals surface area contributed by atoms with Crippen LogP contribution in [-0.2, 0) is 6.42 Å². The molecular formula is C12H11NO. The first-order chi connectivity index (χ1) is 6.95. The van der Waals surface area contributed by atoms with Crippen LogP contribution < -0.4 is 4.74 Å². The maximum absolute atomic E-state index is 5.70. The summed E-state index contributed by atoms with van der Waals surface area (Å²) < 4.78 is 5.70. The fraction of sp³-hybridized carbons (Fsp3) is 0.250. The van der Waals surface area contributed by atoms with Crippen molar-refractivity contribution >= 4 is 10.9 Å². The second kappa shape index (κ2) is 2.98. The number of pyridine rings is 1. The lowest BCUT2D eigenvalue weighted by atomic mass is 10.0. The summed E-state index contributed by atoms with van der Waals surface area (Å²) >= 11 is 0. The van der Waals surface area contributed by atoms with E-state index in [0.717, 1.165) is 36.1 Å². The Balaban J connectivity index is 2.34. The summed E-state index contributed by atoms with van der Waals surface area (Å²) in [6.07, 6.45) is 4.07. The van der Waals surface area contributed by atoms with E-state index in [9.17, 15) is 0 Å². The van der Waals surface area contributed by atoms with Crippen molar-refractivity contribution in [2.24, 2.45) is 0 Å². The molecule has 2 nitrogen and oxygen atoms in total. The molecule has 70 valence electrons. The number of aromatic nitrogens is 1. The monoisotopic (exact) mass is 185 g/mol. The fourth-order valence-electron chi connectivity index (χ4n) is 1.97. The minimum atomic E-state index is 0.834. The van der Waals surface area contributed by atoms with Crippen LogP contribution in [0.5, 0.6) is 5.75 Å². The molecule has 1 aromatic carbocycles. The molecule has 0 aliphatic carbocycles. The van der Waals surface area contributed by atoms with Crippen LogP contribution in [0.3, 0.4) is 0 Å². The minimum absolute atomic E-state index is 0.834. The van der Waals surface area contributed by atoms with E-state index in [0.29, 0.717) is 0 Å². The molecule has 1 aliphatic rings. The third-order valence-electron chi connectivity index (χ3n) is 2.65. The van der Waals surface area contributed by atoms with Crippen molar-refractivity contribution in [3.8, 4) is 5.75 Å². The standard InChI is InChI=1S/C12H11NO/c1-4-10-11(13-7-1)6-5-9-3-2-8-14-12(9)10/h1,4-7H,2-3,8H2. The van der Waals surface area contributed by atoms with Gasteiger partial charge in [0, 0.05) is 11.6 Å². The molecule has 14 heavy (non-hydrogen) atoms. The third kappa shape index (κ3) is 1.07. The van der Waals surface area contributed by atoms with Crippen LogP contribution in [-0.4, -0.2) is 11.6 Å². The van der Waals surface area contributed by atoms with Crippen molar-refractivity contribution in [3.05, 3.63) is 36.0 Å². The lowest BCUT2D eigenvalue weighted by Crippen LogP contribution is -2.08. The van der Waals surface area contributed by atoms with Gasteiger partial charge in [0.2, 0.25) is 0 Å². The number of hydrogen-bond donors (Lipinski definition) is 0. The summed E-state index contributed by atoms with van der Waals surface area (Å²) in [5, 5.41) is 1.14. The van der Waals surface area contributed by atoms with E-state index in [4.69, 9.17) is 4.74 Å². The molecule has 1 aliphatic heterocycles. The van der Waals surface area contributed by atoms with E-state index in [1.807, 2.05) is 12.3 Å². The summed E-state index contributed by atoms with van der Waals surface area (Å²) in [6, 6.07) is 8.24. The molecule has 0 fully saturated rings. The lowest BCUT2D eigenvalue weighted by Gasteiger charge is -2.18. The second-order valence-corrected chi connectivity index (χ2v) is 3.58. The first-order valence-electron chi connectivity index (χ1n) is 4.94. The number of aryl methyl sites for hydroxylation is 1. The molecule has 3 rings (SSSR count). The van der Waals surface area contributed by atoms with E-state index >= 15 is 0 Å². The molecule has 0 atom stereocenters. The highest BCUT2D eigenvalue weighted by atomic mass is 16.5. The van der Waals surface area contributed by atoms with Crippen molar-refractivity contribution < 1.29 is 4.74 Å². The highest BCUT2D eigenvalue weighted by molar-refractivity contribution is 5.86. The van der Waals surface area contributed by atoms with Crippen LogP contribution >= 0.6 is 0 Å². The van der Waals surface area contributed by atoms with Crippen molar-refractivity contribution in [2.75, 3.05) is 6.61 Å². The summed E-state index contributed by atoms with van der Waals surface area (Å²) in [4.78, 5) is 4.31.